The maximum atomic E-state index is 9.75. The fourth-order valence-electron chi connectivity index (χ4n) is 6.28. The van der Waals surface area contributed by atoms with Gasteiger partial charge in [0.25, 0.3) is 0 Å². The van der Waals surface area contributed by atoms with Crippen LogP contribution in [0.3, 0.4) is 0 Å². The Morgan fingerprint density at radius 1 is 0.477 bits per heavy atom. The van der Waals surface area contributed by atoms with E-state index in [1.807, 2.05) is 91.1 Å². The first-order valence-electron chi connectivity index (χ1n) is 14.1. The van der Waals surface area contributed by atoms with Crippen molar-refractivity contribution < 1.29 is 0 Å². The topological polar surface area (TPSA) is 94.1 Å². The second-order valence-electron chi connectivity index (χ2n) is 10.6. The maximum Gasteiger partial charge on any atom is 0.138 e. The van der Waals surface area contributed by atoms with E-state index in [0.29, 0.717) is 22.5 Å². The number of nitrogens with zero attached hydrogens (tertiary/aromatic N) is 6. The van der Waals surface area contributed by atoms with Crippen molar-refractivity contribution in [2.75, 3.05) is 0 Å². The minimum Gasteiger partial charge on any atom is -0.307 e. The molecule has 0 radical (unpaired) electrons. The number of hydrogen-bond donors (Lipinski definition) is 0. The minimum atomic E-state index is 0.573. The van der Waals surface area contributed by atoms with Gasteiger partial charge in [-0.2, -0.15) is 15.8 Å². The van der Waals surface area contributed by atoms with E-state index in [1.165, 1.54) is 0 Å². The Morgan fingerprint density at radius 3 is 1.57 bits per heavy atom. The van der Waals surface area contributed by atoms with Crippen molar-refractivity contribution in [2.45, 2.75) is 0 Å². The Kier molecular flexibility index (Phi) is 5.53. The summed E-state index contributed by atoms with van der Waals surface area (Å²) in [4.78, 5) is 5.05. The van der Waals surface area contributed by atoms with Crippen LogP contribution in [0.15, 0.2) is 121 Å². The normalized spacial score (nSPS) is 11.1. The zero-order valence-electron chi connectivity index (χ0n) is 23.2. The van der Waals surface area contributed by atoms with Gasteiger partial charge in [-0.1, -0.05) is 60.7 Å². The number of hydrogen-bond acceptors (Lipinski definition) is 4. The molecule has 3 heterocycles. The third kappa shape index (κ3) is 3.68. The molecule has 0 saturated heterocycles. The molecule has 6 heteroatoms. The lowest BCUT2D eigenvalue weighted by Crippen LogP contribution is -2.03. The molecule has 5 aromatic carbocycles. The van der Waals surface area contributed by atoms with Gasteiger partial charge in [-0.15, -0.1) is 0 Å². The van der Waals surface area contributed by atoms with Crippen LogP contribution in [0.4, 0.5) is 0 Å². The van der Waals surface area contributed by atoms with Crippen LogP contribution < -0.4 is 0 Å². The predicted molar refractivity (Wildman–Crippen MR) is 172 cm³/mol. The van der Waals surface area contributed by atoms with Crippen LogP contribution in [-0.4, -0.2) is 14.1 Å². The average molecular weight is 561 g/mol. The monoisotopic (exact) mass is 560 g/mol. The van der Waals surface area contributed by atoms with Crippen molar-refractivity contribution >= 4 is 43.6 Å². The summed E-state index contributed by atoms with van der Waals surface area (Å²) in [5.74, 6) is 0.702. The van der Waals surface area contributed by atoms with E-state index in [4.69, 9.17) is 4.98 Å². The summed E-state index contributed by atoms with van der Waals surface area (Å²) in [6.45, 7) is 0. The number of aromatic nitrogens is 3. The highest BCUT2D eigenvalue weighted by Crippen LogP contribution is 2.38. The lowest BCUT2D eigenvalue weighted by Gasteiger charge is -2.16. The Morgan fingerprint density at radius 2 is 0.977 bits per heavy atom. The molecule has 0 atom stereocenters. The molecule has 3 aromatic heterocycles. The summed E-state index contributed by atoms with van der Waals surface area (Å²) in [7, 11) is 0. The smallest absolute Gasteiger partial charge is 0.138 e. The van der Waals surface area contributed by atoms with Crippen molar-refractivity contribution in [3.05, 3.63) is 138 Å². The molecule has 0 aliphatic rings. The van der Waals surface area contributed by atoms with E-state index < -0.39 is 0 Å². The quantitative estimate of drug-likeness (QED) is 0.216. The van der Waals surface area contributed by atoms with E-state index in [1.54, 1.807) is 0 Å². The molecule has 0 amide bonds. The number of fused-ring (bicyclic) bond motifs is 6. The van der Waals surface area contributed by atoms with Crippen molar-refractivity contribution in [3.8, 4) is 40.8 Å². The van der Waals surface area contributed by atoms with Gasteiger partial charge in [0, 0.05) is 27.1 Å². The fourth-order valence-corrected chi connectivity index (χ4v) is 6.28. The molecule has 0 bridgehead atoms. The number of benzene rings is 5. The largest absolute Gasteiger partial charge is 0.307 e. The van der Waals surface area contributed by atoms with Crippen molar-refractivity contribution in [3.63, 3.8) is 0 Å². The summed E-state index contributed by atoms with van der Waals surface area (Å²) < 4.78 is 4.26. The summed E-state index contributed by atoms with van der Waals surface area (Å²) in [6.07, 6.45) is 1.88. The molecular formula is C38H20N6. The molecule has 6 nitrogen and oxygen atoms in total. The van der Waals surface area contributed by atoms with Crippen LogP contribution in [0.5, 0.6) is 0 Å². The number of pyridine rings is 1. The SMILES string of the molecule is N#Cc1ccc(-c2cc(-n3c4ccccc4c4ccc(C#N)cc43)ncc2-n2c3ccccc3c3ccc(C#N)cc32)cc1. The molecule has 44 heavy (non-hydrogen) atoms. The minimum absolute atomic E-state index is 0.573. The van der Waals surface area contributed by atoms with Crippen LogP contribution in [0.2, 0.25) is 0 Å². The van der Waals surface area contributed by atoms with Crippen molar-refractivity contribution in [1.29, 1.82) is 15.8 Å². The summed E-state index contributed by atoms with van der Waals surface area (Å²) in [5.41, 5.74) is 8.18. The molecule has 8 aromatic rings. The van der Waals surface area contributed by atoms with Gasteiger partial charge in [-0.05, 0) is 60.2 Å². The molecule has 0 unspecified atom stereocenters. The zero-order valence-corrected chi connectivity index (χ0v) is 23.2. The van der Waals surface area contributed by atoms with Gasteiger partial charge in [-0.3, -0.25) is 4.57 Å². The van der Waals surface area contributed by atoms with Crippen LogP contribution in [0, 0.1) is 34.0 Å². The molecule has 0 aliphatic heterocycles. The predicted octanol–water partition coefficient (Wildman–Crippen LogP) is 8.56. The first-order valence-corrected chi connectivity index (χ1v) is 14.1. The zero-order chi connectivity index (χ0) is 29.8. The van der Waals surface area contributed by atoms with Gasteiger partial charge < -0.3 is 4.57 Å². The second-order valence-corrected chi connectivity index (χ2v) is 10.6. The van der Waals surface area contributed by atoms with Gasteiger partial charge >= 0.3 is 0 Å². The van der Waals surface area contributed by atoms with Gasteiger partial charge in [0.15, 0.2) is 0 Å². The van der Waals surface area contributed by atoms with Gasteiger partial charge in [0.1, 0.15) is 5.82 Å². The number of para-hydroxylation sites is 2. The molecule has 0 spiro atoms. The molecule has 0 fully saturated rings. The summed E-state index contributed by atoms with van der Waals surface area (Å²) >= 11 is 0. The second kappa shape index (κ2) is 9.71. The highest BCUT2D eigenvalue weighted by atomic mass is 15.1. The van der Waals surface area contributed by atoms with Gasteiger partial charge in [-0.25, -0.2) is 4.98 Å². The van der Waals surface area contributed by atoms with Gasteiger partial charge in [0.2, 0.25) is 0 Å². The van der Waals surface area contributed by atoms with E-state index in [9.17, 15) is 15.8 Å². The summed E-state index contributed by atoms with van der Waals surface area (Å²) in [5, 5.41) is 33.2. The highest BCUT2D eigenvalue weighted by molar-refractivity contribution is 6.11. The molecular weight excluding hydrogens is 540 g/mol. The van der Waals surface area contributed by atoms with Crippen molar-refractivity contribution in [1.82, 2.24) is 14.1 Å². The lowest BCUT2D eigenvalue weighted by molar-refractivity contribution is 1.06. The molecule has 8 rings (SSSR count). The lowest BCUT2D eigenvalue weighted by atomic mass is 10.0. The van der Waals surface area contributed by atoms with Crippen molar-refractivity contribution in [2.24, 2.45) is 0 Å². The van der Waals surface area contributed by atoms with E-state index in [-0.39, 0.29) is 0 Å². The molecule has 0 aliphatic carbocycles. The maximum absolute atomic E-state index is 9.75. The summed E-state index contributed by atoms with van der Waals surface area (Å²) in [6, 6.07) is 44.3. The third-order valence-electron chi connectivity index (χ3n) is 8.27. The van der Waals surface area contributed by atoms with Crippen LogP contribution in [-0.2, 0) is 0 Å². The number of rotatable bonds is 3. The first kappa shape index (κ1) is 25.1. The molecule has 202 valence electrons. The Labute approximate surface area is 252 Å². The van der Waals surface area contributed by atoms with Crippen LogP contribution in [0.1, 0.15) is 16.7 Å². The first-order chi connectivity index (χ1) is 21.7. The Bertz CT molecular complexity index is 2580. The molecule has 0 N–H and O–H groups in total. The fraction of sp³-hybridized carbons (Fsp3) is 0. The van der Waals surface area contributed by atoms with E-state index >= 15 is 0 Å². The van der Waals surface area contributed by atoms with Crippen LogP contribution in [0.25, 0.3) is 66.2 Å². The van der Waals surface area contributed by atoms with Crippen LogP contribution >= 0.6 is 0 Å². The third-order valence-corrected chi connectivity index (χ3v) is 8.27. The highest BCUT2D eigenvalue weighted by Gasteiger charge is 2.20. The molecule has 0 saturated carbocycles. The average Bonchev–Trinajstić information content (AvgIpc) is 3.60. The Hall–Kier alpha value is -6.68. The standard InChI is InChI=1S/C38H20N6/c39-20-24-9-13-27(14-10-24)32-19-38(44-34-8-4-2-6-29(34)31-16-12-26(22-41)18-36(31)44)42-23-37(32)43-33-7-3-1-5-28(33)30-15-11-25(21-40)17-35(30)43/h1-19,23H. The van der Waals surface area contributed by atoms with Gasteiger partial charge in [0.05, 0.1) is 68.8 Å². The van der Waals surface area contributed by atoms with E-state index in [2.05, 4.69) is 57.7 Å². The van der Waals surface area contributed by atoms with E-state index in [0.717, 1.165) is 60.4 Å². The Balaban J connectivity index is 1.48. The number of nitriles is 3.